The number of fused-ring (bicyclic) bond motifs is 1. The molecule has 21 heavy (non-hydrogen) atoms. The van der Waals surface area contributed by atoms with Crippen LogP contribution in [0.1, 0.15) is 40.0 Å². The van der Waals surface area contributed by atoms with Gasteiger partial charge in [0, 0.05) is 17.9 Å². The van der Waals surface area contributed by atoms with Gasteiger partial charge in [0.05, 0.1) is 5.56 Å². The van der Waals surface area contributed by atoms with Crippen molar-refractivity contribution >= 4 is 5.91 Å². The summed E-state index contributed by atoms with van der Waals surface area (Å²) in [7, 11) is 0. The van der Waals surface area contributed by atoms with Gasteiger partial charge in [-0.25, -0.2) is 0 Å². The lowest BCUT2D eigenvalue weighted by Crippen LogP contribution is -2.36. The van der Waals surface area contributed by atoms with Gasteiger partial charge >= 0.3 is 0 Å². The summed E-state index contributed by atoms with van der Waals surface area (Å²) < 4.78 is 0. The molecule has 0 spiro atoms. The van der Waals surface area contributed by atoms with Crippen molar-refractivity contribution in [3.63, 3.8) is 0 Å². The van der Waals surface area contributed by atoms with Gasteiger partial charge in [-0.1, -0.05) is 24.3 Å². The summed E-state index contributed by atoms with van der Waals surface area (Å²) in [6.07, 6.45) is 5.82. The first-order valence-corrected chi connectivity index (χ1v) is 7.52. The molecule has 2 aromatic rings. The number of rotatable bonds is 2. The van der Waals surface area contributed by atoms with Crippen molar-refractivity contribution in [2.45, 2.75) is 38.6 Å². The summed E-state index contributed by atoms with van der Waals surface area (Å²) in [5.41, 5.74) is 4.35. The van der Waals surface area contributed by atoms with Gasteiger partial charge in [-0.05, 0) is 55.9 Å². The zero-order valence-corrected chi connectivity index (χ0v) is 12.3. The second-order valence-electron chi connectivity index (χ2n) is 5.72. The minimum absolute atomic E-state index is 0.0214. The van der Waals surface area contributed by atoms with Crippen molar-refractivity contribution in [3.05, 3.63) is 65.0 Å². The standard InChI is InChI=1S/C18H20N2O/c1-13-9-10-16(12-19-13)18(21)20-17-8-4-7-14-5-2-3-6-15(14)11-17/h2-3,5-6,9-10,12,17H,4,7-8,11H2,1H3,(H,20,21). The largest absolute Gasteiger partial charge is 0.349 e. The Morgan fingerprint density at radius 1 is 1.19 bits per heavy atom. The molecule has 1 amide bonds. The lowest BCUT2D eigenvalue weighted by molar-refractivity contribution is 0.0934. The van der Waals surface area contributed by atoms with Crippen LogP contribution in [0, 0.1) is 6.92 Å². The van der Waals surface area contributed by atoms with Crippen molar-refractivity contribution in [1.82, 2.24) is 10.3 Å². The molecule has 0 radical (unpaired) electrons. The number of amides is 1. The molecule has 3 nitrogen and oxygen atoms in total. The summed E-state index contributed by atoms with van der Waals surface area (Å²) in [5.74, 6) is -0.0214. The highest BCUT2D eigenvalue weighted by Crippen LogP contribution is 2.20. The van der Waals surface area contributed by atoms with Crippen molar-refractivity contribution in [1.29, 1.82) is 0 Å². The number of nitrogens with one attached hydrogen (secondary N) is 1. The van der Waals surface area contributed by atoms with Crippen molar-refractivity contribution in [3.8, 4) is 0 Å². The fraction of sp³-hybridized carbons (Fsp3) is 0.333. The van der Waals surface area contributed by atoms with Gasteiger partial charge in [0.15, 0.2) is 0 Å². The predicted octanol–water partition coefficient (Wildman–Crippen LogP) is 3.07. The van der Waals surface area contributed by atoms with Crippen LogP contribution in [0.2, 0.25) is 0 Å². The third-order valence-electron chi connectivity index (χ3n) is 4.09. The number of benzene rings is 1. The van der Waals surface area contributed by atoms with Crippen LogP contribution in [0.5, 0.6) is 0 Å². The molecule has 1 aliphatic carbocycles. The normalized spacial score (nSPS) is 17.7. The Labute approximate surface area is 125 Å². The van der Waals surface area contributed by atoms with E-state index in [4.69, 9.17) is 0 Å². The minimum Gasteiger partial charge on any atom is -0.349 e. The van der Waals surface area contributed by atoms with Crippen LogP contribution in [-0.2, 0) is 12.8 Å². The highest BCUT2D eigenvalue weighted by molar-refractivity contribution is 5.94. The van der Waals surface area contributed by atoms with Crippen LogP contribution in [0.15, 0.2) is 42.6 Å². The molecule has 1 N–H and O–H groups in total. The van der Waals surface area contributed by atoms with E-state index in [2.05, 4.69) is 34.6 Å². The molecule has 0 saturated carbocycles. The predicted molar refractivity (Wildman–Crippen MR) is 83.3 cm³/mol. The summed E-state index contributed by atoms with van der Waals surface area (Å²) >= 11 is 0. The fourth-order valence-electron chi connectivity index (χ4n) is 2.90. The molecule has 1 heterocycles. The second kappa shape index (κ2) is 6.08. The molecule has 108 valence electrons. The molecule has 0 bridgehead atoms. The maximum absolute atomic E-state index is 12.3. The molecular weight excluding hydrogens is 260 g/mol. The number of pyridine rings is 1. The molecule has 0 saturated heterocycles. The van der Waals surface area contributed by atoms with Gasteiger partial charge in [0.2, 0.25) is 0 Å². The van der Waals surface area contributed by atoms with Gasteiger partial charge in [-0.3, -0.25) is 9.78 Å². The number of hydrogen-bond acceptors (Lipinski definition) is 2. The Balaban J connectivity index is 1.70. The van der Waals surface area contributed by atoms with Crippen molar-refractivity contribution < 1.29 is 4.79 Å². The molecule has 1 unspecified atom stereocenters. The van der Waals surface area contributed by atoms with E-state index in [1.807, 2.05) is 19.1 Å². The average molecular weight is 280 g/mol. The second-order valence-corrected chi connectivity index (χ2v) is 5.72. The Morgan fingerprint density at radius 3 is 2.76 bits per heavy atom. The molecule has 1 atom stereocenters. The highest BCUT2D eigenvalue weighted by atomic mass is 16.1. The highest BCUT2D eigenvalue weighted by Gasteiger charge is 2.18. The van der Waals surface area contributed by atoms with E-state index < -0.39 is 0 Å². The summed E-state index contributed by atoms with van der Waals surface area (Å²) in [4.78, 5) is 16.5. The lowest BCUT2D eigenvalue weighted by atomic mass is 10.0. The minimum atomic E-state index is -0.0214. The molecule has 0 fully saturated rings. The van der Waals surface area contributed by atoms with Gasteiger partial charge in [-0.15, -0.1) is 0 Å². The Morgan fingerprint density at radius 2 is 2.00 bits per heavy atom. The third-order valence-corrected chi connectivity index (χ3v) is 4.09. The molecule has 0 aliphatic heterocycles. The first-order chi connectivity index (χ1) is 10.2. The lowest BCUT2D eigenvalue weighted by Gasteiger charge is -2.17. The van der Waals surface area contributed by atoms with E-state index in [0.29, 0.717) is 5.56 Å². The molecule has 3 heteroatoms. The third kappa shape index (κ3) is 3.30. The van der Waals surface area contributed by atoms with Crippen LogP contribution >= 0.6 is 0 Å². The molecule has 1 aliphatic rings. The van der Waals surface area contributed by atoms with E-state index >= 15 is 0 Å². The molecular formula is C18H20N2O. The van der Waals surface area contributed by atoms with Gasteiger partial charge in [0.25, 0.3) is 5.91 Å². The van der Waals surface area contributed by atoms with Crippen LogP contribution in [0.25, 0.3) is 0 Å². The zero-order chi connectivity index (χ0) is 14.7. The molecule has 1 aromatic carbocycles. The monoisotopic (exact) mass is 280 g/mol. The van der Waals surface area contributed by atoms with E-state index in [1.54, 1.807) is 6.20 Å². The van der Waals surface area contributed by atoms with Crippen LogP contribution < -0.4 is 5.32 Å². The summed E-state index contributed by atoms with van der Waals surface area (Å²) in [6, 6.07) is 12.5. The fourth-order valence-corrected chi connectivity index (χ4v) is 2.90. The smallest absolute Gasteiger partial charge is 0.253 e. The maximum atomic E-state index is 12.3. The SMILES string of the molecule is Cc1ccc(C(=O)NC2CCCc3ccccc3C2)cn1. The number of carbonyl (C=O) groups excluding carboxylic acids is 1. The number of aromatic nitrogens is 1. The Bertz CT molecular complexity index is 634. The quantitative estimate of drug-likeness (QED) is 0.859. The number of carbonyl (C=O) groups is 1. The zero-order valence-electron chi connectivity index (χ0n) is 12.3. The molecule has 1 aromatic heterocycles. The first-order valence-electron chi connectivity index (χ1n) is 7.52. The van der Waals surface area contributed by atoms with Gasteiger partial charge < -0.3 is 5.32 Å². The molecule has 3 rings (SSSR count). The van der Waals surface area contributed by atoms with Gasteiger partial charge in [-0.2, -0.15) is 0 Å². The van der Waals surface area contributed by atoms with Crippen LogP contribution in [0.4, 0.5) is 0 Å². The topological polar surface area (TPSA) is 42.0 Å². The van der Waals surface area contributed by atoms with Crippen LogP contribution in [-0.4, -0.2) is 16.9 Å². The van der Waals surface area contributed by atoms with Crippen molar-refractivity contribution in [2.24, 2.45) is 0 Å². The van der Waals surface area contributed by atoms with Gasteiger partial charge in [0.1, 0.15) is 0 Å². The Hall–Kier alpha value is -2.16. The Kier molecular flexibility index (Phi) is 4.00. The number of nitrogens with zero attached hydrogens (tertiary/aromatic N) is 1. The van der Waals surface area contributed by atoms with E-state index in [9.17, 15) is 4.79 Å². The summed E-state index contributed by atoms with van der Waals surface area (Å²) in [6.45, 7) is 1.92. The first kappa shape index (κ1) is 13.8. The van der Waals surface area contributed by atoms with Crippen molar-refractivity contribution in [2.75, 3.05) is 0 Å². The average Bonchev–Trinajstić information content (AvgIpc) is 2.69. The number of hydrogen-bond donors (Lipinski definition) is 1. The maximum Gasteiger partial charge on any atom is 0.253 e. The number of aryl methyl sites for hydroxylation is 2. The van der Waals surface area contributed by atoms with E-state index in [1.165, 1.54) is 11.1 Å². The summed E-state index contributed by atoms with van der Waals surface area (Å²) in [5, 5.41) is 3.16. The van der Waals surface area contributed by atoms with Crippen LogP contribution in [0.3, 0.4) is 0 Å². The van der Waals surface area contributed by atoms with E-state index in [-0.39, 0.29) is 11.9 Å². The van der Waals surface area contributed by atoms with E-state index in [0.717, 1.165) is 31.4 Å².